The first-order chi connectivity index (χ1) is 17.9. The number of rotatable bonds is 3. The Hall–Kier alpha value is -4.34. The zero-order valence-electron chi connectivity index (χ0n) is 20.3. The number of pyridine rings is 1. The molecule has 10 nitrogen and oxygen atoms in total. The number of ether oxygens (including phenoxy) is 1. The Labute approximate surface area is 209 Å². The van der Waals surface area contributed by atoms with E-state index in [1.54, 1.807) is 6.07 Å². The van der Waals surface area contributed by atoms with Gasteiger partial charge in [-0.15, -0.1) is 0 Å². The van der Waals surface area contributed by atoms with Crippen LogP contribution in [0.1, 0.15) is 51.0 Å². The van der Waals surface area contributed by atoms with Crippen LogP contribution in [0, 0.1) is 0 Å². The fourth-order valence-electron chi connectivity index (χ4n) is 5.60. The molecule has 0 saturated heterocycles. The maximum absolute atomic E-state index is 13.5. The first-order valence-electron chi connectivity index (χ1n) is 12.4. The third-order valence-corrected chi connectivity index (χ3v) is 7.45. The number of phenolic OH excluding ortho intramolecular Hbond substituents is 3. The summed E-state index contributed by atoms with van der Waals surface area (Å²) in [5, 5.41) is 34.9. The van der Waals surface area contributed by atoms with Gasteiger partial charge in [-0.2, -0.15) is 0 Å². The minimum Gasteiger partial charge on any atom is -0.504 e. The standard InChI is InChI=1S/C27H27N3O7/c1-36-18-12-13(11-17(32)22(18)33)19-20-26(30(29-27(20)35)14-7-5-3-2-4-6-8-14)28-21-15-9-10-16(31)23(34)24(15)37-25(19)21/h9-12,14,28,32-34H,2-8H2,1H3,(H,29,35). The summed E-state index contributed by atoms with van der Waals surface area (Å²) in [6.45, 7) is 0. The predicted molar refractivity (Wildman–Crippen MR) is 139 cm³/mol. The van der Waals surface area contributed by atoms with Crippen molar-refractivity contribution in [3.63, 3.8) is 0 Å². The van der Waals surface area contributed by atoms with Crippen molar-refractivity contribution in [2.45, 2.75) is 51.0 Å². The van der Waals surface area contributed by atoms with Gasteiger partial charge in [0.25, 0.3) is 5.56 Å². The molecule has 0 amide bonds. The highest BCUT2D eigenvalue weighted by molar-refractivity contribution is 6.15. The molecule has 37 heavy (non-hydrogen) atoms. The van der Waals surface area contributed by atoms with Crippen molar-refractivity contribution in [1.82, 2.24) is 14.8 Å². The maximum atomic E-state index is 13.5. The number of nitrogens with one attached hydrogen (secondary N) is 2. The number of aromatic hydroxyl groups is 3. The van der Waals surface area contributed by atoms with Crippen molar-refractivity contribution in [3.8, 4) is 34.1 Å². The van der Waals surface area contributed by atoms with Crippen molar-refractivity contribution in [3.05, 3.63) is 44.8 Å². The minimum atomic E-state index is -0.585. The number of phenols is 3. The Balaban J connectivity index is 1.75. The van der Waals surface area contributed by atoms with Crippen LogP contribution in [0.5, 0.6) is 23.0 Å². The van der Waals surface area contributed by atoms with Crippen LogP contribution in [0.3, 0.4) is 0 Å². The molecule has 0 radical (unpaired) electrons. The second-order valence-corrected chi connectivity index (χ2v) is 9.67. The summed E-state index contributed by atoms with van der Waals surface area (Å²) in [5.41, 5.74) is 0.998. The number of nitrogens with zero attached hydrogens (tertiary/aromatic N) is 1. The summed E-state index contributed by atoms with van der Waals surface area (Å²) in [4.78, 5) is 29.0. The quantitative estimate of drug-likeness (QED) is 0.216. The number of aromatic nitrogens is 3. The minimum absolute atomic E-state index is 0.00319. The number of hydrogen-bond acceptors (Lipinski definition) is 7. The van der Waals surface area contributed by atoms with Crippen LogP contribution >= 0.6 is 0 Å². The highest BCUT2D eigenvalue weighted by Gasteiger charge is 2.27. The van der Waals surface area contributed by atoms with E-state index in [4.69, 9.17) is 9.15 Å². The molecule has 192 valence electrons. The lowest BCUT2D eigenvalue weighted by molar-refractivity contribution is 0.351. The molecule has 0 aliphatic heterocycles. The molecule has 5 aromatic rings. The molecule has 0 atom stereocenters. The maximum Gasteiger partial charge on any atom is 0.274 e. The van der Waals surface area contributed by atoms with Crippen LogP contribution in [0.15, 0.2) is 38.3 Å². The van der Waals surface area contributed by atoms with Crippen molar-refractivity contribution < 1.29 is 24.5 Å². The zero-order chi connectivity index (χ0) is 25.8. The van der Waals surface area contributed by atoms with Crippen molar-refractivity contribution in [2.75, 3.05) is 7.11 Å². The van der Waals surface area contributed by atoms with Gasteiger partial charge in [0, 0.05) is 10.9 Å². The second-order valence-electron chi connectivity index (χ2n) is 9.67. The number of benzene rings is 2. The van der Waals surface area contributed by atoms with E-state index in [0.29, 0.717) is 33.1 Å². The van der Waals surface area contributed by atoms with Gasteiger partial charge >= 0.3 is 0 Å². The van der Waals surface area contributed by atoms with E-state index in [1.807, 2.05) is 4.68 Å². The second kappa shape index (κ2) is 8.65. The van der Waals surface area contributed by atoms with Gasteiger partial charge in [0.1, 0.15) is 5.65 Å². The SMILES string of the molecule is COc1cc(-c2c3oc4c(O)c(=O)ccc4c3[nH]c3c2c(=O)[nH]n3C2CCCCCCC2)cc(O)c1O. The van der Waals surface area contributed by atoms with E-state index in [2.05, 4.69) is 10.1 Å². The molecule has 6 rings (SSSR count). The molecule has 0 unspecified atom stereocenters. The van der Waals surface area contributed by atoms with Gasteiger partial charge in [0.15, 0.2) is 22.7 Å². The lowest BCUT2D eigenvalue weighted by Gasteiger charge is -2.21. The molecule has 0 spiro atoms. The molecule has 2 aromatic carbocycles. The number of aromatic amines is 2. The van der Waals surface area contributed by atoms with E-state index in [9.17, 15) is 24.9 Å². The molecule has 1 aliphatic rings. The number of furan rings is 1. The number of H-pyrrole nitrogens is 2. The van der Waals surface area contributed by atoms with Crippen LogP contribution in [0.25, 0.3) is 44.2 Å². The molecule has 1 saturated carbocycles. The average molecular weight is 506 g/mol. The monoisotopic (exact) mass is 505 g/mol. The van der Waals surface area contributed by atoms with Gasteiger partial charge < -0.3 is 29.5 Å². The molecule has 1 fully saturated rings. The summed E-state index contributed by atoms with van der Waals surface area (Å²) in [6, 6.07) is 5.73. The first kappa shape index (κ1) is 23.1. The van der Waals surface area contributed by atoms with Crippen LogP contribution in [-0.2, 0) is 0 Å². The summed E-state index contributed by atoms with van der Waals surface area (Å²) in [5.74, 6) is -1.37. The fourth-order valence-corrected chi connectivity index (χ4v) is 5.60. The Morgan fingerprint density at radius 2 is 1.70 bits per heavy atom. The molecular weight excluding hydrogens is 478 g/mol. The zero-order valence-corrected chi connectivity index (χ0v) is 20.3. The van der Waals surface area contributed by atoms with Gasteiger partial charge in [-0.05, 0) is 42.7 Å². The lowest BCUT2D eigenvalue weighted by atomic mass is 9.96. The number of hydrogen-bond donors (Lipinski definition) is 5. The third-order valence-electron chi connectivity index (χ3n) is 7.45. The normalized spacial score (nSPS) is 15.4. The van der Waals surface area contributed by atoms with Crippen LogP contribution < -0.4 is 15.7 Å². The molecule has 1 aliphatic carbocycles. The average Bonchev–Trinajstić information content (AvgIpc) is 3.40. The van der Waals surface area contributed by atoms with E-state index in [0.717, 1.165) is 38.5 Å². The van der Waals surface area contributed by atoms with E-state index >= 15 is 0 Å². The lowest BCUT2D eigenvalue weighted by Crippen LogP contribution is -2.15. The molecule has 0 bridgehead atoms. The number of fused-ring (bicyclic) bond motifs is 4. The number of methoxy groups -OCH3 is 1. The third kappa shape index (κ3) is 3.54. The van der Waals surface area contributed by atoms with Gasteiger partial charge in [-0.1, -0.05) is 32.1 Å². The largest absolute Gasteiger partial charge is 0.504 e. The smallest absolute Gasteiger partial charge is 0.274 e. The summed E-state index contributed by atoms with van der Waals surface area (Å²) in [6.07, 6.45) is 7.45. The Kier molecular flexibility index (Phi) is 5.40. The molecular formula is C27H27N3O7. The Bertz CT molecular complexity index is 1780. The highest BCUT2D eigenvalue weighted by atomic mass is 16.5. The van der Waals surface area contributed by atoms with Crippen LogP contribution in [0.2, 0.25) is 0 Å². The predicted octanol–water partition coefficient (Wildman–Crippen LogP) is 5.00. The van der Waals surface area contributed by atoms with Crippen molar-refractivity contribution in [2.24, 2.45) is 0 Å². The van der Waals surface area contributed by atoms with Gasteiger partial charge in [0.05, 0.1) is 24.1 Å². The summed E-state index contributed by atoms with van der Waals surface area (Å²) < 4.78 is 13.1. The Morgan fingerprint density at radius 3 is 2.43 bits per heavy atom. The van der Waals surface area contributed by atoms with E-state index in [-0.39, 0.29) is 28.5 Å². The van der Waals surface area contributed by atoms with E-state index in [1.165, 1.54) is 31.7 Å². The highest BCUT2D eigenvalue weighted by Crippen LogP contribution is 2.45. The van der Waals surface area contributed by atoms with Crippen molar-refractivity contribution >= 4 is 33.1 Å². The van der Waals surface area contributed by atoms with Gasteiger partial charge in [-0.3, -0.25) is 19.4 Å². The Morgan fingerprint density at radius 1 is 0.973 bits per heavy atom. The van der Waals surface area contributed by atoms with Gasteiger partial charge in [0.2, 0.25) is 16.9 Å². The summed E-state index contributed by atoms with van der Waals surface area (Å²) >= 11 is 0. The van der Waals surface area contributed by atoms with Crippen LogP contribution in [-0.4, -0.2) is 37.2 Å². The molecule has 3 aromatic heterocycles. The fraction of sp³-hybridized carbons (Fsp3) is 0.333. The van der Waals surface area contributed by atoms with Gasteiger partial charge in [-0.25, -0.2) is 0 Å². The topological polar surface area (TPSA) is 154 Å². The first-order valence-corrected chi connectivity index (χ1v) is 12.4. The molecule has 10 heteroatoms. The van der Waals surface area contributed by atoms with Crippen LogP contribution in [0.4, 0.5) is 0 Å². The molecule has 5 N–H and O–H groups in total. The van der Waals surface area contributed by atoms with Crippen molar-refractivity contribution in [1.29, 1.82) is 0 Å². The van der Waals surface area contributed by atoms with E-state index < -0.39 is 22.7 Å². The summed E-state index contributed by atoms with van der Waals surface area (Å²) in [7, 11) is 1.36. The molecule has 3 heterocycles.